The van der Waals surface area contributed by atoms with Gasteiger partial charge in [0.15, 0.2) is 5.82 Å². The van der Waals surface area contributed by atoms with Gasteiger partial charge in [0.05, 0.1) is 11.4 Å². The maximum absolute atomic E-state index is 5.11. The molecule has 1 fully saturated rings. The minimum atomic E-state index is 0.189. The highest BCUT2D eigenvalue weighted by Gasteiger charge is 2.43. The fraction of sp³-hybridized carbons (Fsp3) is 0.118. The molecule has 0 bridgehead atoms. The highest BCUT2D eigenvalue weighted by atomic mass is 14.9. The molecule has 0 N–H and O–H groups in total. The summed E-state index contributed by atoms with van der Waals surface area (Å²) >= 11 is 0. The third-order valence-corrected chi connectivity index (χ3v) is 11.6. The predicted molar refractivity (Wildman–Crippen MR) is 222 cm³/mol. The summed E-state index contributed by atoms with van der Waals surface area (Å²) in [5, 5.41) is 0. The summed E-state index contributed by atoms with van der Waals surface area (Å²) in [6.45, 7) is 0. The van der Waals surface area contributed by atoms with Gasteiger partial charge in [-0.3, -0.25) is 4.98 Å². The summed E-state index contributed by atoms with van der Waals surface area (Å²) in [7, 11) is 0. The Kier molecular flexibility index (Phi) is 8.06. The molecule has 2 aliphatic carbocycles. The third kappa shape index (κ3) is 5.74. The minimum absolute atomic E-state index is 0.189. The lowest BCUT2D eigenvalue weighted by atomic mass is 9.68. The zero-order chi connectivity index (χ0) is 35.9. The van der Waals surface area contributed by atoms with E-state index in [1.165, 1.54) is 71.0 Å². The van der Waals surface area contributed by atoms with Gasteiger partial charge >= 0.3 is 0 Å². The lowest BCUT2D eigenvalue weighted by molar-refractivity contribution is 0.353. The van der Waals surface area contributed by atoms with Gasteiger partial charge in [-0.1, -0.05) is 159 Å². The monoisotopic (exact) mass is 693 g/mol. The highest BCUT2D eigenvalue weighted by Crippen LogP contribution is 2.56. The van der Waals surface area contributed by atoms with E-state index >= 15 is 0 Å². The molecule has 2 aliphatic rings. The molecule has 1 spiro atoms. The molecule has 54 heavy (non-hydrogen) atoms. The normalized spacial score (nSPS) is 14.1. The second-order valence-corrected chi connectivity index (χ2v) is 14.8. The largest absolute Gasteiger partial charge is 0.264 e. The van der Waals surface area contributed by atoms with E-state index in [0.29, 0.717) is 5.82 Å². The summed E-state index contributed by atoms with van der Waals surface area (Å²) in [5.41, 5.74) is 18.0. The number of pyridine rings is 1. The Bertz CT molecular complexity index is 2600. The first-order chi connectivity index (χ1) is 26.7. The molecule has 2 aromatic heterocycles. The zero-order valence-electron chi connectivity index (χ0n) is 30.1. The van der Waals surface area contributed by atoms with E-state index in [2.05, 4.69) is 145 Å². The Labute approximate surface area is 317 Å². The summed E-state index contributed by atoms with van der Waals surface area (Å²) < 4.78 is 0. The van der Waals surface area contributed by atoms with Gasteiger partial charge in [0.2, 0.25) is 0 Å². The summed E-state index contributed by atoms with van der Waals surface area (Å²) in [6, 6.07) is 59.0. The van der Waals surface area contributed by atoms with Crippen LogP contribution in [0.1, 0.15) is 43.2 Å². The smallest absolute Gasteiger partial charge is 0.160 e. The Morgan fingerprint density at radius 3 is 1.69 bits per heavy atom. The average Bonchev–Trinajstić information content (AvgIpc) is 3.52. The van der Waals surface area contributed by atoms with Gasteiger partial charge in [0.1, 0.15) is 0 Å². The first-order valence-corrected chi connectivity index (χ1v) is 19.1. The fourth-order valence-electron chi connectivity index (χ4n) is 8.88. The van der Waals surface area contributed by atoms with Gasteiger partial charge in [-0.15, -0.1) is 0 Å². The molecule has 0 amide bonds. The van der Waals surface area contributed by atoms with Crippen LogP contribution in [-0.4, -0.2) is 15.0 Å². The second-order valence-electron chi connectivity index (χ2n) is 14.8. The molecule has 0 radical (unpaired) electrons. The number of fused-ring (bicyclic) bond motifs is 5. The molecule has 6 aromatic carbocycles. The molecular weight excluding hydrogens is 655 g/mol. The molecule has 2 heterocycles. The van der Waals surface area contributed by atoms with Crippen LogP contribution in [0.2, 0.25) is 0 Å². The molecule has 0 atom stereocenters. The van der Waals surface area contributed by atoms with E-state index < -0.39 is 0 Å². The number of benzene rings is 6. The first kappa shape index (κ1) is 32.2. The summed E-state index contributed by atoms with van der Waals surface area (Å²) in [6.07, 6.45) is 10.2. The van der Waals surface area contributed by atoms with Crippen LogP contribution in [0.4, 0.5) is 0 Å². The molecule has 0 saturated heterocycles. The lowest BCUT2D eigenvalue weighted by Crippen LogP contribution is -2.27. The SMILES string of the molecule is c1ccc(-c2nc(-c3ccc(-c4cccnc4)cc3)cc(-c3cccc(-c4ccc(-c5ccc6c(c5)-c5ccccc5C65CCCCC5)cc4)c3)n2)cc1. The first-order valence-electron chi connectivity index (χ1n) is 19.1. The van der Waals surface area contributed by atoms with Gasteiger partial charge in [-0.25, -0.2) is 9.97 Å². The predicted octanol–water partition coefficient (Wildman–Crippen LogP) is 13.1. The molecule has 258 valence electrons. The molecule has 3 nitrogen and oxygen atoms in total. The molecule has 0 unspecified atom stereocenters. The standard InChI is InChI=1S/C51H39N3/c1-3-11-39(12-4-1)50-53-48(38-24-22-37(23-25-38)43-15-10-30-52-34-43)33-49(54-50)42-14-9-13-40(31-42)35-18-20-36(21-19-35)41-26-27-47-45(32-41)44-16-5-6-17-46(44)51(47)28-7-2-8-29-51/h1,3-6,9-27,30-34H,2,7-8,28-29H2. The number of hydrogen-bond donors (Lipinski definition) is 0. The molecule has 0 aliphatic heterocycles. The second kappa shape index (κ2) is 13.5. The van der Waals surface area contributed by atoms with E-state index in [4.69, 9.17) is 9.97 Å². The summed E-state index contributed by atoms with van der Waals surface area (Å²) in [5.74, 6) is 0.709. The average molecular weight is 694 g/mol. The van der Waals surface area contributed by atoms with E-state index in [-0.39, 0.29) is 5.41 Å². The number of rotatable bonds is 6. The lowest BCUT2D eigenvalue weighted by Gasteiger charge is -2.36. The van der Waals surface area contributed by atoms with Crippen LogP contribution in [0, 0.1) is 0 Å². The fourth-order valence-corrected chi connectivity index (χ4v) is 8.88. The van der Waals surface area contributed by atoms with Crippen molar-refractivity contribution >= 4 is 0 Å². The highest BCUT2D eigenvalue weighted by molar-refractivity contribution is 5.85. The van der Waals surface area contributed by atoms with E-state index in [9.17, 15) is 0 Å². The Hall–Kier alpha value is -6.45. The van der Waals surface area contributed by atoms with Crippen LogP contribution in [0.25, 0.3) is 78.4 Å². The Morgan fingerprint density at radius 2 is 0.944 bits per heavy atom. The third-order valence-electron chi connectivity index (χ3n) is 11.6. The van der Waals surface area contributed by atoms with Crippen molar-refractivity contribution in [3.05, 3.63) is 187 Å². The molecule has 1 saturated carbocycles. The Balaban J connectivity index is 0.975. The van der Waals surface area contributed by atoms with Gasteiger partial charge in [0.25, 0.3) is 0 Å². The van der Waals surface area contributed by atoms with Gasteiger partial charge in [-0.2, -0.15) is 0 Å². The Morgan fingerprint density at radius 1 is 0.370 bits per heavy atom. The van der Waals surface area contributed by atoms with E-state index in [1.54, 1.807) is 6.20 Å². The molecule has 3 heteroatoms. The quantitative estimate of drug-likeness (QED) is 0.174. The van der Waals surface area contributed by atoms with Crippen LogP contribution >= 0.6 is 0 Å². The van der Waals surface area contributed by atoms with Crippen molar-refractivity contribution in [3.63, 3.8) is 0 Å². The van der Waals surface area contributed by atoms with Crippen LogP contribution in [0.5, 0.6) is 0 Å². The number of hydrogen-bond acceptors (Lipinski definition) is 3. The maximum Gasteiger partial charge on any atom is 0.160 e. The van der Waals surface area contributed by atoms with Crippen LogP contribution < -0.4 is 0 Å². The molecular formula is C51H39N3. The van der Waals surface area contributed by atoms with Crippen molar-refractivity contribution in [2.24, 2.45) is 0 Å². The van der Waals surface area contributed by atoms with Crippen molar-refractivity contribution in [2.45, 2.75) is 37.5 Å². The van der Waals surface area contributed by atoms with Crippen LogP contribution in [0.3, 0.4) is 0 Å². The van der Waals surface area contributed by atoms with Crippen LogP contribution in [0.15, 0.2) is 176 Å². The van der Waals surface area contributed by atoms with Gasteiger partial charge < -0.3 is 0 Å². The van der Waals surface area contributed by atoms with E-state index in [1.807, 2.05) is 30.5 Å². The van der Waals surface area contributed by atoms with Crippen molar-refractivity contribution in [2.75, 3.05) is 0 Å². The van der Waals surface area contributed by atoms with Crippen LogP contribution in [-0.2, 0) is 5.41 Å². The topological polar surface area (TPSA) is 38.7 Å². The minimum Gasteiger partial charge on any atom is -0.264 e. The number of nitrogens with zero attached hydrogens (tertiary/aromatic N) is 3. The van der Waals surface area contributed by atoms with Crippen molar-refractivity contribution < 1.29 is 0 Å². The van der Waals surface area contributed by atoms with Crippen molar-refractivity contribution in [1.29, 1.82) is 0 Å². The summed E-state index contributed by atoms with van der Waals surface area (Å²) in [4.78, 5) is 14.5. The maximum atomic E-state index is 5.11. The number of aromatic nitrogens is 3. The van der Waals surface area contributed by atoms with Gasteiger partial charge in [-0.05, 0) is 92.7 Å². The zero-order valence-corrected chi connectivity index (χ0v) is 30.1. The molecule has 8 aromatic rings. The van der Waals surface area contributed by atoms with Crippen molar-refractivity contribution in [3.8, 4) is 78.4 Å². The van der Waals surface area contributed by atoms with Gasteiger partial charge in [0, 0.05) is 34.5 Å². The van der Waals surface area contributed by atoms with Crippen molar-refractivity contribution in [1.82, 2.24) is 15.0 Å². The van der Waals surface area contributed by atoms with E-state index in [0.717, 1.165) is 44.8 Å². The molecule has 10 rings (SSSR count).